The lowest BCUT2D eigenvalue weighted by Crippen LogP contribution is -1.95. The molecule has 12 rings (SSSR count). The van der Waals surface area contributed by atoms with E-state index in [1.54, 1.807) is 0 Å². The molecule has 0 fully saturated rings. The first kappa shape index (κ1) is 33.2. The van der Waals surface area contributed by atoms with E-state index >= 15 is 0 Å². The molecule has 0 N–H and O–H groups in total. The van der Waals surface area contributed by atoms with Gasteiger partial charge < -0.3 is 4.57 Å². The third kappa shape index (κ3) is 5.34. The van der Waals surface area contributed by atoms with Crippen LogP contribution in [0.3, 0.4) is 0 Å². The van der Waals surface area contributed by atoms with Gasteiger partial charge in [0.25, 0.3) is 0 Å². The Kier molecular flexibility index (Phi) is 7.50. The maximum atomic E-state index is 5.26. The van der Waals surface area contributed by atoms with Gasteiger partial charge in [-0.2, -0.15) is 0 Å². The van der Waals surface area contributed by atoms with Crippen LogP contribution >= 0.6 is 0 Å². The minimum absolute atomic E-state index is 0.907. The van der Waals surface area contributed by atoms with E-state index in [0.29, 0.717) is 0 Å². The van der Waals surface area contributed by atoms with Crippen LogP contribution in [0.4, 0.5) is 0 Å². The van der Waals surface area contributed by atoms with Gasteiger partial charge in [0.1, 0.15) is 0 Å². The Morgan fingerprint density at radius 1 is 0.339 bits per heavy atom. The van der Waals surface area contributed by atoms with Crippen molar-refractivity contribution in [3.63, 3.8) is 0 Å². The summed E-state index contributed by atoms with van der Waals surface area (Å²) >= 11 is 0. The third-order valence-corrected chi connectivity index (χ3v) is 11.8. The molecule has 4 aromatic heterocycles. The summed E-state index contributed by atoms with van der Waals surface area (Å²) in [4.78, 5) is 15.6. The second-order valence-electron chi connectivity index (χ2n) is 15.1. The van der Waals surface area contributed by atoms with Crippen LogP contribution in [0, 0.1) is 0 Å². The third-order valence-electron chi connectivity index (χ3n) is 11.8. The highest BCUT2D eigenvalue weighted by atomic mass is 15.0. The van der Waals surface area contributed by atoms with Crippen LogP contribution in [0.1, 0.15) is 0 Å². The minimum Gasteiger partial charge on any atom is -0.309 e. The van der Waals surface area contributed by atoms with Gasteiger partial charge in [0.15, 0.2) is 0 Å². The maximum absolute atomic E-state index is 5.26. The van der Waals surface area contributed by atoms with Gasteiger partial charge in [-0.25, -0.2) is 15.0 Å². The summed E-state index contributed by atoms with van der Waals surface area (Å²) < 4.78 is 2.44. The summed E-state index contributed by atoms with van der Waals surface area (Å²) in [5.74, 6) is 0. The molecule has 0 unspecified atom stereocenters. The number of hydrogen-bond donors (Lipinski definition) is 0. The average molecular weight is 751 g/mol. The van der Waals surface area contributed by atoms with E-state index in [-0.39, 0.29) is 0 Å². The molecule has 4 heterocycles. The van der Waals surface area contributed by atoms with Gasteiger partial charge in [-0.3, -0.25) is 0 Å². The summed E-state index contributed by atoms with van der Waals surface area (Å²) in [6.07, 6.45) is 0. The first-order valence-electron chi connectivity index (χ1n) is 20.0. The monoisotopic (exact) mass is 750 g/mol. The van der Waals surface area contributed by atoms with Crippen molar-refractivity contribution < 1.29 is 0 Å². The summed E-state index contributed by atoms with van der Waals surface area (Å²) in [5.41, 5.74) is 14.7. The van der Waals surface area contributed by atoms with Crippen molar-refractivity contribution >= 4 is 65.3 Å². The zero-order chi connectivity index (χ0) is 38.9. The van der Waals surface area contributed by atoms with Gasteiger partial charge in [0, 0.05) is 65.6 Å². The van der Waals surface area contributed by atoms with Crippen LogP contribution in [0.15, 0.2) is 206 Å². The maximum Gasteiger partial charge on any atom is 0.0972 e. The van der Waals surface area contributed by atoms with Crippen LogP contribution in [0.5, 0.6) is 0 Å². The zero-order valence-corrected chi connectivity index (χ0v) is 31.9. The standard InChI is InChI=1S/C55H34N4/c1-4-13-36(14-5-1)46-32-29-39-27-28-40-30-33-47(57-54(40)53(39)56-46)37-25-23-35(24-26-37)42-20-12-21-45-51-49(59(55(42)45)41-17-8-3-9-18-41)34-31-44-50(51)43-19-10-11-22-48(43)58-52(44)38-15-6-2-7-16-38/h1-34H. The number of rotatable bonds is 5. The number of nitrogens with zero attached hydrogens (tertiary/aromatic N) is 4. The second-order valence-corrected chi connectivity index (χ2v) is 15.1. The fourth-order valence-electron chi connectivity index (χ4n) is 9.01. The van der Waals surface area contributed by atoms with E-state index in [1.807, 2.05) is 6.07 Å². The Labute approximate surface area is 340 Å². The lowest BCUT2D eigenvalue weighted by Gasteiger charge is -2.13. The van der Waals surface area contributed by atoms with Gasteiger partial charge in [-0.05, 0) is 42.0 Å². The Balaban J connectivity index is 1.06. The molecule has 0 aliphatic heterocycles. The van der Waals surface area contributed by atoms with Crippen molar-refractivity contribution in [3.8, 4) is 50.6 Å². The molecule has 12 aromatic rings. The lowest BCUT2D eigenvalue weighted by atomic mass is 9.95. The van der Waals surface area contributed by atoms with Crippen molar-refractivity contribution in [1.82, 2.24) is 19.5 Å². The lowest BCUT2D eigenvalue weighted by molar-refractivity contribution is 1.18. The fraction of sp³-hybridized carbons (Fsp3) is 0. The minimum atomic E-state index is 0.907. The molecule has 0 saturated heterocycles. The van der Waals surface area contributed by atoms with E-state index in [0.717, 1.165) is 88.6 Å². The SMILES string of the molecule is c1ccc(-c2ccc3ccc4ccc(-c5ccc(-c6cccc7c8c9c(ccc8n(-c8ccccc8)c67)c(-c6ccccc6)nc6ccccc69)cc5)nc4c3n2)cc1. The van der Waals surface area contributed by atoms with Crippen molar-refractivity contribution in [2.75, 3.05) is 0 Å². The van der Waals surface area contributed by atoms with E-state index in [2.05, 4.69) is 205 Å². The van der Waals surface area contributed by atoms with Crippen LogP contribution < -0.4 is 0 Å². The molecule has 0 amide bonds. The summed E-state index contributed by atoms with van der Waals surface area (Å²) in [5, 5.41) is 8.10. The molecule has 0 aliphatic rings. The number of pyridine rings is 3. The smallest absolute Gasteiger partial charge is 0.0972 e. The van der Waals surface area contributed by atoms with Crippen LogP contribution in [-0.4, -0.2) is 19.5 Å². The van der Waals surface area contributed by atoms with Crippen LogP contribution in [0.25, 0.3) is 116 Å². The van der Waals surface area contributed by atoms with Gasteiger partial charge in [-0.15, -0.1) is 0 Å². The second kappa shape index (κ2) is 13.3. The highest BCUT2D eigenvalue weighted by Gasteiger charge is 2.21. The van der Waals surface area contributed by atoms with Gasteiger partial charge in [-0.1, -0.05) is 170 Å². The largest absolute Gasteiger partial charge is 0.309 e. The topological polar surface area (TPSA) is 43.6 Å². The van der Waals surface area contributed by atoms with E-state index in [4.69, 9.17) is 15.0 Å². The summed E-state index contributed by atoms with van der Waals surface area (Å²) in [6, 6.07) is 73.1. The van der Waals surface area contributed by atoms with Crippen molar-refractivity contribution in [1.29, 1.82) is 0 Å². The molecule has 0 atom stereocenters. The Morgan fingerprint density at radius 3 is 1.59 bits per heavy atom. The normalized spacial score (nSPS) is 11.7. The number of para-hydroxylation sites is 3. The molecule has 274 valence electrons. The number of hydrogen-bond acceptors (Lipinski definition) is 3. The van der Waals surface area contributed by atoms with E-state index in [1.165, 1.54) is 27.2 Å². The first-order chi connectivity index (χ1) is 29.3. The molecule has 0 spiro atoms. The molecule has 8 aromatic carbocycles. The molecule has 4 heteroatoms. The molecule has 4 nitrogen and oxygen atoms in total. The van der Waals surface area contributed by atoms with Crippen molar-refractivity contribution in [2.45, 2.75) is 0 Å². The molecule has 0 aliphatic carbocycles. The Bertz CT molecular complexity index is 3580. The Hall–Kier alpha value is -7.95. The van der Waals surface area contributed by atoms with E-state index in [9.17, 15) is 0 Å². The zero-order valence-electron chi connectivity index (χ0n) is 31.9. The average Bonchev–Trinajstić information content (AvgIpc) is 3.66. The van der Waals surface area contributed by atoms with Gasteiger partial charge in [0.2, 0.25) is 0 Å². The van der Waals surface area contributed by atoms with Gasteiger partial charge >= 0.3 is 0 Å². The predicted molar refractivity (Wildman–Crippen MR) is 246 cm³/mol. The number of fused-ring (bicyclic) bond motifs is 10. The quantitative estimate of drug-likeness (QED) is 0.165. The first-order valence-corrected chi connectivity index (χ1v) is 20.0. The number of benzene rings is 8. The molecule has 0 saturated carbocycles. The molecule has 59 heavy (non-hydrogen) atoms. The highest BCUT2D eigenvalue weighted by Crippen LogP contribution is 2.45. The van der Waals surface area contributed by atoms with Crippen molar-refractivity contribution in [2.24, 2.45) is 0 Å². The van der Waals surface area contributed by atoms with E-state index < -0.39 is 0 Å². The summed E-state index contributed by atoms with van der Waals surface area (Å²) in [6.45, 7) is 0. The predicted octanol–water partition coefficient (Wildman–Crippen LogP) is 14.2. The van der Waals surface area contributed by atoms with Gasteiger partial charge in [0.05, 0.1) is 44.7 Å². The molecular formula is C55H34N4. The fourth-order valence-corrected chi connectivity index (χ4v) is 9.01. The summed E-state index contributed by atoms with van der Waals surface area (Å²) in [7, 11) is 0. The molecule has 0 radical (unpaired) electrons. The number of aromatic nitrogens is 4. The van der Waals surface area contributed by atoms with Crippen molar-refractivity contribution in [3.05, 3.63) is 206 Å². The van der Waals surface area contributed by atoms with Crippen LogP contribution in [0.2, 0.25) is 0 Å². The Morgan fingerprint density at radius 2 is 0.898 bits per heavy atom. The molecular weight excluding hydrogens is 717 g/mol. The molecule has 0 bridgehead atoms. The highest BCUT2D eigenvalue weighted by molar-refractivity contribution is 6.30. The van der Waals surface area contributed by atoms with Crippen LogP contribution in [-0.2, 0) is 0 Å².